The van der Waals surface area contributed by atoms with E-state index in [4.69, 9.17) is 0 Å². The molecule has 1 aromatic carbocycles. The molecule has 6 nitrogen and oxygen atoms in total. The predicted molar refractivity (Wildman–Crippen MR) is 74.0 cm³/mol. The SMILES string of the molecule is CONC(=O)c1nn(-c2ccccc2C(F)(F)F)c(C)cc1=O. The Morgan fingerprint density at radius 1 is 1.30 bits per heavy atom. The molecule has 0 aliphatic carbocycles. The Balaban J connectivity index is 2.68. The second-order valence-corrected chi connectivity index (χ2v) is 4.56. The van der Waals surface area contributed by atoms with Crippen molar-refractivity contribution in [2.75, 3.05) is 7.11 Å². The number of carbonyl (C=O) groups excluding carboxylic acids is 1. The lowest BCUT2D eigenvalue weighted by atomic mass is 10.1. The van der Waals surface area contributed by atoms with Crippen molar-refractivity contribution in [3.63, 3.8) is 0 Å². The molecule has 9 heteroatoms. The molecular formula is C14H12F3N3O3. The van der Waals surface area contributed by atoms with E-state index >= 15 is 0 Å². The molecule has 122 valence electrons. The summed E-state index contributed by atoms with van der Waals surface area (Å²) in [6.07, 6.45) is -4.61. The number of nitrogens with zero attached hydrogens (tertiary/aromatic N) is 2. The zero-order chi connectivity index (χ0) is 17.2. The number of nitrogens with one attached hydrogen (secondary N) is 1. The Labute approximate surface area is 128 Å². The zero-order valence-corrected chi connectivity index (χ0v) is 12.1. The molecule has 0 unspecified atom stereocenters. The number of para-hydroxylation sites is 1. The van der Waals surface area contributed by atoms with Crippen LogP contribution in [0.15, 0.2) is 35.1 Å². The van der Waals surface area contributed by atoms with Gasteiger partial charge in [0, 0.05) is 11.8 Å². The van der Waals surface area contributed by atoms with Crippen LogP contribution in [0.5, 0.6) is 0 Å². The first-order valence-electron chi connectivity index (χ1n) is 6.36. The van der Waals surface area contributed by atoms with E-state index in [0.29, 0.717) is 0 Å². The summed E-state index contributed by atoms with van der Waals surface area (Å²) in [5.41, 5.74) is -0.458. The maximum Gasteiger partial charge on any atom is 0.418 e. The van der Waals surface area contributed by atoms with Gasteiger partial charge in [0.1, 0.15) is 0 Å². The van der Waals surface area contributed by atoms with Crippen LogP contribution in [0.3, 0.4) is 0 Å². The first-order valence-corrected chi connectivity index (χ1v) is 6.36. The number of alkyl halides is 3. The van der Waals surface area contributed by atoms with Gasteiger partial charge in [-0.1, -0.05) is 12.1 Å². The van der Waals surface area contributed by atoms with Crippen molar-refractivity contribution in [3.8, 4) is 5.69 Å². The highest BCUT2D eigenvalue weighted by molar-refractivity contribution is 5.91. The van der Waals surface area contributed by atoms with Gasteiger partial charge in [0.15, 0.2) is 5.69 Å². The van der Waals surface area contributed by atoms with Crippen LogP contribution in [0.4, 0.5) is 13.2 Å². The van der Waals surface area contributed by atoms with E-state index in [1.807, 2.05) is 5.48 Å². The van der Waals surface area contributed by atoms with Crippen LogP contribution in [0.1, 0.15) is 21.7 Å². The summed E-state index contributed by atoms with van der Waals surface area (Å²) in [4.78, 5) is 27.9. The summed E-state index contributed by atoms with van der Waals surface area (Å²) in [5, 5.41) is 3.75. The number of benzene rings is 1. The normalized spacial score (nSPS) is 11.3. The molecule has 0 saturated heterocycles. The van der Waals surface area contributed by atoms with Gasteiger partial charge in [-0.25, -0.2) is 10.2 Å². The third-order valence-corrected chi connectivity index (χ3v) is 2.95. The summed E-state index contributed by atoms with van der Waals surface area (Å²) < 4.78 is 40.3. The van der Waals surface area contributed by atoms with E-state index in [-0.39, 0.29) is 11.4 Å². The standard InChI is InChI=1S/C14H12F3N3O3/c1-8-7-11(21)12(13(22)19-23-2)18-20(8)10-6-4-3-5-9(10)14(15,16)17/h3-7H,1-2H3,(H,19,22). The number of amides is 1. The van der Waals surface area contributed by atoms with Crippen LogP contribution >= 0.6 is 0 Å². The zero-order valence-electron chi connectivity index (χ0n) is 12.1. The maximum atomic E-state index is 13.1. The molecular weight excluding hydrogens is 315 g/mol. The van der Waals surface area contributed by atoms with Crippen molar-refractivity contribution in [2.45, 2.75) is 13.1 Å². The number of halogens is 3. The lowest BCUT2D eigenvalue weighted by molar-refractivity contribution is -0.137. The third-order valence-electron chi connectivity index (χ3n) is 2.95. The van der Waals surface area contributed by atoms with Crippen molar-refractivity contribution in [1.29, 1.82) is 0 Å². The van der Waals surface area contributed by atoms with Crippen LogP contribution < -0.4 is 10.9 Å². The lowest BCUT2D eigenvalue weighted by Gasteiger charge is -2.16. The van der Waals surface area contributed by atoms with Gasteiger partial charge < -0.3 is 0 Å². The van der Waals surface area contributed by atoms with E-state index < -0.39 is 28.8 Å². The van der Waals surface area contributed by atoms with Gasteiger partial charge in [-0.05, 0) is 19.1 Å². The van der Waals surface area contributed by atoms with Gasteiger partial charge in [-0.2, -0.15) is 18.3 Å². The molecule has 2 rings (SSSR count). The highest BCUT2D eigenvalue weighted by Gasteiger charge is 2.34. The van der Waals surface area contributed by atoms with Crippen molar-refractivity contribution in [3.05, 3.63) is 57.5 Å². The molecule has 0 spiro atoms. The first kappa shape index (κ1) is 16.7. The number of aromatic nitrogens is 2. The lowest BCUT2D eigenvalue weighted by Crippen LogP contribution is -2.31. The fourth-order valence-corrected chi connectivity index (χ4v) is 1.99. The second kappa shape index (κ2) is 6.21. The summed E-state index contributed by atoms with van der Waals surface area (Å²) in [5.74, 6) is -0.948. The summed E-state index contributed by atoms with van der Waals surface area (Å²) >= 11 is 0. The maximum absolute atomic E-state index is 13.1. The summed E-state index contributed by atoms with van der Waals surface area (Å²) in [7, 11) is 1.16. The molecule has 0 aliphatic rings. The highest BCUT2D eigenvalue weighted by Crippen LogP contribution is 2.33. The summed E-state index contributed by atoms with van der Waals surface area (Å²) in [6, 6.07) is 5.76. The Morgan fingerprint density at radius 3 is 2.57 bits per heavy atom. The number of rotatable bonds is 3. The molecule has 2 aromatic rings. The Bertz CT molecular complexity index is 800. The van der Waals surface area contributed by atoms with E-state index in [0.717, 1.165) is 23.9 Å². The van der Waals surface area contributed by atoms with E-state index in [1.165, 1.54) is 25.1 Å². The molecule has 0 bridgehead atoms. The van der Waals surface area contributed by atoms with Crippen LogP contribution in [-0.2, 0) is 11.0 Å². The molecule has 0 atom stereocenters. The molecule has 1 heterocycles. The second-order valence-electron chi connectivity index (χ2n) is 4.56. The predicted octanol–water partition coefficient (Wildman–Crippen LogP) is 1.85. The van der Waals surface area contributed by atoms with Gasteiger partial charge in [0.2, 0.25) is 5.43 Å². The van der Waals surface area contributed by atoms with Gasteiger partial charge in [0.05, 0.1) is 18.4 Å². The van der Waals surface area contributed by atoms with E-state index in [9.17, 15) is 22.8 Å². The highest BCUT2D eigenvalue weighted by atomic mass is 19.4. The number of aryl methyl sites for hydroxylation is 1. The first-order chi connectivity index (χ1) is 10.8. The van der Waals surface area contributed by atoms with E-state index in [2.05, 4.69) is 9.94 Å². The van der Waals surface area contributed by atoms with Gasteiger partial charge in [-0.15, -0.1) is 0 Å². The van der Waals surface area contributed by atoms with Crippen LogP contribution in [-0.4, -0.2) is 22.8 Å². The molecule has 0 fully saturated rings. The minimum atomic E-state index is -4.61. The Kier molecular flexibility index (Phi) is 4.50. The number of carbonyl (C=O) groups is 1. The summed E-state index contributed by atoms with van der Waals surface area (Å²) in [6.45, 7) is 1.42. The smallest absolute Gasteiger partial charge is 0.287 e. The Morgan fingerprint density at radius 2 is 1.96 bits per heavy atom. The molecule has 1 amide bonds. The fourth-order valence-electron chi connectivity index (χ4n) is 1.99. The van der Waals surface area contributed by atoms with Crippen LogP contribution in [0, 0.1) is 6.92 Å². The van der Waals surface area contributed by atoms with Crippen LogP contribution in [0.2, 0.25) is 0 Å². The van der Waals surface area contributed by atoms with Crippen molar-refractivity contribution in [2.24, 2.45) is 0 Å². The molecule has 23 heavy (non-hydrogen) atoms. The molecule has 0 radical (unpaired) electrons. The number of hydroxylamine groups is 1. The quantitative estimate of drug-likeness (QED) is 0.873. The minimum Gasteiger partial charge on any atom is -0.287 e. The fraction of sp³-hybridized carbons (Fsp3) is 0.214. The van der Waals surface area contributed by atoms with Crippen molar-refractivity contribution >= 4 is 5.91 Å². The molecule has 0 aliphatic heterocycles. The number of hydrogen-bond acceptors (Lipinski definition) is 4. The third kappa shape index (κ3) is 3.39. The average Bonchev–Trinajstić information content (AvgIpc) is 2.46. The average molecular weight is 327 g/mol. The monoisotopic (exact) mass is 327 g/mol. The molecule has 1 N–H and O–H groups in total. The van der Waals surface area contributed by atoms with Crippen molar-refractivity contribution in [1.82, 2.24) is 15.3 Å². The molecule has 1 aromatic heterocycles. The molecule has 0 saturated carbocycles. The van der Waals surface area contributed by atoms with Gasteiger partial charge in [-0.3, -0.25) is 14.4 Å². The van der Waals surface area contributed by atoms with Gasteiger partial charge in [0.25, 0.3) is 5.91 Å². The number of hydrogen-bond donors (Lipinski definition) is 1. The largest absolute Gasteiger partial charge is 0.418 e. The van der Waals surface area contributed by atoms with Gasteiger partial charge >= 0.3 is 6.18 Å². The topological polar surface area (TPSA) is 73.2 Å². The van der Waals surface area contributed by atoms with Crippen LogP contribution in [0.25, 0.3) is 5.69 Å². The van der Waals surface area contributed by atoms with Crippen molar-refractivity contribution < 1.29 is 22.8 Å². The minimum absolute atomic E-state index is 0.153. The Hall–Kier alpha value is -2.68. The van der Waals surface area contributed by atoms with E-state index in [1.54, 1.807) is 0 Å².